The summed E-state index contributed by atoms with van der Waals surface area (Å²) in [7, 11) is 0. The lowest BCUT2D eigenvalue weighted by Gasteiger charge is -2.13. The molecule has 1 aliphatic heterocycles. The van der Waals surface area contributed by atoms with Crippen molar-refractivity contribution >= 4 is 17.8 Å². The molecule has 1 saturated heterocycles. The van der Waals surface area contributed by atoms with Gasteiger partial charge in [-0.2, -0.15) is 0 Å². The first kappa shape index (κ1) is 16.2. The number of esters is 2. The molecule has 1 rings (SSSR count). The second-order valence-corrected chi connectivity index (χ2v) is 4.38. The summed E-state index contributed by atoms with van der Waals surface area (Å²) in [5.74, 6) is -1.34. The highest BCUT2D eigenvalue weighted by atomic mass is 16.6. The highest BCUT2D eigenvalue weighted by Crippen LogP contribution is 2.08. The van der Waals surface area contributed by atoms with E-state index in [0.29, 0.717) is 19.3 Å². The first-order valence-corrected chi connectivity index (χ1v) is 6.50. The minimum absolute atomic E-state index is 0.191. The van der Waals surface area contributed by atoms with E-state index in [4.69, 9.17) is 9.47 Å². The fraction of sp³-hybridized carbons (Fsp3) is 0.615. The standard InChI is InChI=1S/C13H19NO6/c1-2-3-4-12(17)19-7-9(15)8-20-13(18)10-5-6-11(16)14-10/h3-4,9-10,15H,2,5-8H2,1H3,(H,14,16). The maximum absolute atomic E-state index is 11.5. The van der Waals surface area contributed by atoms with Crippen molar-refractivity contribution < 1.29 is 29.0 Å². The van der Waals surface area contributed by atoms with Crippen molar-refractivity contribution in [2.75, 3.05) is 13.2 Å². The zero-order chi connectivity index (χ0) is 15.0. The van der Waals surface area contributed by atoms with Crippen molar-refractivity contribution in [2.45, 2.75) is 38.3 Å². The minimum Gasteiger partial charge on any atom is -0.461 e. The van der Waals surface area contributed by atoms with E-state index in [0.717, 1.165) is 0 Å². The summed E-state index contributed by atoms with van der Waals surface area (Å²) in [5.41, 5.74) is 0. The van der Waals surface area contributed by atoms with Crippen LogP contribution in [0.5, 0.6) is 0 Å². The van der Waals surface area contributed by atoms with Gasteiger partial charge in [0.2, 0.25) is 5.91 Å². The van der Waals surface area contributed by atoms with Crippen molar-refractivity contribution in [3.05, 3.63) is 12.2 Å². The Labute approximate surface area is 116 Å². The van der Waals surface area contributed by atoms with E-state index in [-0.39, 0.29) is 19.1 Å². The Hall–Kier alpha value is -1.89. The first-order valence-electron chi connectivity index (χ1n) is 6.50. The van der Waals surface area contributed by atoms with Gasteiger partial charge in [0.05, 0.1) is 0 Å². The van der Waals surface area contributed by atoms with Gasteiger partial charge < -0.3 is 19.9 Å². The molecule has 0 saturated carbocycles. The molecule has 0 bridgehead atoms. The summed E-state index contributed by atoms with van der Waals surface area (Å²) in [6.07, 6.45) is 3.22. The highest BCUT2D eigenvalue weighted by molar-refractivity contribution is 5.88. The minimum atomic E-state index is -1.09. The van der Waals surface area contributed by atoms with Gasteiger partial charge in [0, 0.05) is 12.5 Å². The molecule has 1 heterocycles. The van der Waals surface area contributed by atoms with Gasteiger partial charge in [0.15, 0.2) is 0 Å². The average molecular weight is 285 g/mol. The van der Waals surface area contributed by atoms with Gasteiger partial charge in [-0.3, -0.25) is 4.79 Å². The molecule has 0 radical (unpaired) electrons. The Kier molecular flexibility index (Phi) is 6.72. The van der Waals surface area contributed by atoms with E-state index < -0.39 is 24.1 Å². The number of ether oxygens (including phenoxy) is 2. The Morgan fingerprint density at radius 2 is 2.15 bits per heavy atom. The number of aliphatic hydroxyl groups is 1. The maximum Gasteiger partial charge on any atom is 0.330 e. The predicted octanol–water partition coefficient (Wildman–Crippen LogP) is -0.321. The van der Waals surface area contributed by atoms with Gasteiger partial charge >= 0.3 is 11.9 Å². The van der Waals surface area contributed by atoms with Crippen LogP contribution in [0.1, 0.15) is 26.2 Å². The van der Waals surface area contributed by atoms with Crippen LogP contribution < -0.4 is 5.32 Å². The SMILES string of the molecule is CCC=CC(=O)OCC(O)COC(=O)C1CCC(=O)N1. The number of nitrogens with one attached hydrogen (secondary N) is 1. The molecule has 0 aromatic rings. The lowest BCUT2D eigenvalue weighted by atomic mass is 10.2. The smallest absolute Gasteiger partial charge is 0.330 e. The van der Waals surface area contributed by atoms with Crippen molar-refractivity contribution in [3.8, 4) is 0 Å². The highest BCUT2D eigenvalue weighted by Gasteiger charge is 2.28. The first-order chi connectivity index (χ1) is 9.52. The van der Waals surface area contributed by atoms with Crippen LogP contribution in [-0.2, 0) is 23.9 Å². The molecule has 7 heteroatoms. The summed E-state index contributed by atoms with van der Waals surface area (Å²) in [5, 5.41) is 12.0. The third kappa shape index (κ3) is 5.83. The van der Waals surface area contributed by atoms with E-state index >= 15 is 0 Å². The number of rotatable bonds is 7. The van der Waals surface area contributed by atoms with E-state index in [9.17, 15) is 19.5 Å². The van der Waals surface area contributed by atoms with Crippen molar-refractivity contribution in [1.29, 1.82) is 0 Å². The second kappa shape index (κ2) is 8.31. The van der Waals surface area contributed by atoms with Crippen LogP contribution in [0, 0.1) is 0 Å². The topological polar surface area (TPSA) is 102 Å². The molecule has 1 aliphatic rings. The average Bonchev–Trinajstić information content (AvgIpc) is 2.86. The fourth-order valence-corrected chi connectivity index (χ4v) is 1.56. The number of carbonyl (C=O) groups excluding carboxylic acids is 3. The van der Waals surface area contributed by atoms with Gasteiger partial charge in [-0.15, -0.1) is 0 Å². The molecule has 1 fully saturated rings. The van der Waals surface area contributed by atoms with E-state index in [1.165, 1.54) is 6.08 Å². The third-order valence-electron chi connectivity index (χ3n) is 2.61. The molecule has 0 aliphatic carbocycles. The Morgan fingerprint density at radius 1 is 1.45 bits per heavy atom. The van der Waals surface area contributed by atoms with Crippen LogP contribution in [0.3, 0.4) is 0 Å². The summed E-state index contributed by atoms with van der Waals surface area (Å²) >= 11 is 0. The summed E-state index contributed by atoms with van der Waals surface area (Å²) in [6.45, 7) is 1.34. The zero-order valence-corrected chi connectivity index (χ0v) is 11.3. The molecule has 7 nitrogen and oxygen atoms in total. The Bertz CT molecular complexity index is 392. The van der Waals surface area contributed by atoms with Gasteiger partial charge in [-0.1, -0.05) is 13.0 Å². The van der Waals surface area contributed by atoms with Gasteiger partial charge in [-0.05, 0) is 12.8 Å². The lowest BCUT2D eigenvalue weighted by Crippen LogP contribution is -2.36. The second-order valence-electron chi connectivity index (χ2n) is 4.38. The molecule has 0 spiro atoms. The van der Waals surface area contributed by atoms with Crippen molar-refractivity contribution in [1.82, 2.24) is 5.32 Å². The van der Waals surface area contributed by atoms with Crippen LogP contribution in [0.15, 0.2) is 12.2 Å². The molecular formula is C13H19NO6. The van der Waals surface area contributed by atoms with E-state index in [1.54, 1.807) is 6.08 Å². The van der Waals surface area contributed by atoms with Crippen LogP contribution in [0.25, 0.3) is 0 Å². The number of carbonyl (C=O) groups is 3. The number of allylic oxidation sites excluding steroid dienone is 1. The molecule has 112 valence electrons. The van der Waals surface area contributed by atoms with E-state index in [2.05, 4.69) is 5.32 Å². The third-order valence-corrected chi connectivity index (χ3v) is 2.61. The van der Waals surface area contributed by atoms with Crippen molar-refractivity contribution in [3.63, 3.8) is 0 Å². The van der Waals surface area contributed by atoms with Crippen LogP contribution >= 0.6 is 0 Å². The largest absolute Gasteiger partial charge is 0.461 e. The Morgan fingerprint density at radius 3 is 2.75 bits per heavy atom. The molecular weight excluding hydrogens is 266 g/mol. The molecule has 0 aromatic heterocycles. The van der Waals surface area contributed by atoms with Crippen LogP contribution in [0.2, 0.25) is 0 Å². The predicted molar refractivity (Wildman–Crippen MR) is 68.5 cm³/mol. The Balaban J connectivity index is 2.17. The maximum atomic E-state index is 11.5. The normalized spacial score (nSPS) is 19.7. The monoisotopic (exact) mass is 285 g/mol. The van der Waals surface area contributed by atoms with Gasteiger partial charge in [0.25, 0.3) is 0 Å². The molecule has 0 aromatic carbocycles. The molecule has 2 atom stereocenters. The lowest BCUT2D eigenvalue weighted by molar-refractivity contribution is -0.152. The van der Waals surface area contributed by atoms with Gasteiger partial charge in [0.1, 0.15) is 25.4 Å². The summed E-state index contributed by atoms with van der Waals surface area (Å²) in [4.78, 5) is 33.5. The number of amides is 1. The molecule has 2 N–H and O–H groups in total. The molecule has 2 unspecified atom stereocenters. The quantitative estimate of drug-likeness (QED) is 0.491. The zero-order valence-electron chi connectivity index (χ0n) is 11.3. The number of hydrogen-bond acceptors (Lipinski definition) is 6. The van der Waals surface area contributed by atoms with Crippen LogP contribution in [0.4, 0.5) is 0 Å². The van der Waals surface area contributed by atoms with Gasteiger partial charge in [-0.25, -0.2) is 9.59 Å². The fourth-order valence-electron chi connectivity index (χ4n) is 1.56. The molecule has 20 heavy (non-hydrogen) atoms. The van der Waals surface area contributed by atoms with Crippen molar-refractivity contribution in [2.24, 2.45) is 0 Å². The summed E-state index contributed by atoms with van der Waals surface area (Å²) in [6, 6.07) is -0.648. The number of hydrogen-bond donors (Lipinski definition) is 2. The van der Waals surface area contributed by atoms with Crippen LogP contribution in [-0.4, -0.2) is 48.3 Å². The number of aliphatic hydroxyl groups excluding tert-OH is 1. The molecule has 1 amide bonds. The van der Waals surface area contributed by atoms with E-state index in [1.807, 2.05) is 6.92 Å². The summed E-state index contributed by atoms with van der Waals surface area (Å²) < 4.78 is 9.58.